The summed E-state index contributed by atoms with van der Waals surface area (Å²) in [6.45, 7) is 6.39. The lowest BCUT2D eigenvalue weighted by Gasteiger charge is -1.99. The molecule has 0 saturated carbocycles. The van der Waals surface area contributed by atoms with Gasteiger partial charge in [-0.2, -0.15) is 0 Å². The lowest BCUT2D eigenvalue weighted by molar-refractivity contribution is 0.637. The first-order chi connectivity index (χ1) is 6.33. The highest BCUT2D eigenvalue weighted by Crippen LogP contribution is 2.09. The molecule has 0 aliphatic carbocycles. The molecule has 0 bridgehead atoms. The molecule has 0 aliphatic rings. The van der Waals surface area contributed by atoms with Gasteiger partial charge in [-0.1, -0.05) is 6.92 Å². The van der Waals surface area contributed by atoms with Crippen LogP contribution in [0, 0.1) is 6.92 Å². The Bertz CT molecular complexity index is 235. The normalized spacial score (nSPS) is 10.6. The Kier molecular flexibility index (Phi) is 4.93. The van der Waals surface area contributed by atoms with Crippen LogP contribution in [0.5, 0.6) is 0 Å². The minimum atomic E-state index is 1.06. The highest BCUT2D eigenvalue weighted by Gasteiger charge is 1.98. The maximum atomic E-state index is 4.07. The van der Waals surface area contributed by atoms with Crippen molar-refractivity contribution in [2.24, 2.45) is 0 Å². The van der Waals surface area contributed by atoms with Crippen molar-refractivity contribution in [1.29, 1.82) is 0 Å². The quantitative estimate of drug-likeness (QED) is 0.710. The van der Waals surface area contributed by atoms with Crippen LogP contribution in [0.15, 0.2) is 0 Å². The molecule has 0 unspecified atom stereocenters. The molecule has 3 nitrogen and oxygen atoms in total. The molecule has 0 aliphatic heterocycles. The Labute approximate surface area is 83.6 Å². The molecule has 0 saturated heterocycles. The molecule has 1 rings (SSSR count). The second kappa shape index (κ2) is 6.05. The van der Waals surface area contributed by atoms with Gasteiger partial charge >= 0.3 is 0 Å². The van der Waals surface area contributed by atoms with Crippen LogP contribution in [0.3, 0.4) is 0 Å². The average Bonchev–Trinajstić information content (AvgIpc) is 2.51. The van der Waals surface area contributed by atoms with Crippen LogP contribution in [0.25, 0.3) is 0 Å². The maximum Gasteiger partial charge on any atom is 0.117 e. The highest BCUT2D eigenvalue weighted by atomic mass is 32.1. The molecule has 74 valence electrons. The van der Waals surface area contributed by atoms with Crippen molar-refractivity contribution < 1.29 is 0 Å². The van der Waals surface area contributed by atoms with Gasteiger partial charge in [0.05, 0.1) is 0 Å². The van der Waals surface area contributed by atoms with Gasteiger partial charge in [-0.3, -0.25) is 0 Å². The second-order valence-corrected chi connectivity index (χ2v) is 4.33. The Morgan fingerprint density at radius 2 is 2.15 bits per heavy atom. The van der Waals surface area contributed by atoms with E-state index in [1.54, 1.807) is 11.3 Å². The Balaban J connectivity index is 2.06. The lowest BCUT2D eigenvalue weighted by Crippen LogP contribution is -2.16. The summed E-state index contributed by atoms with van der Waals surface area (Å²) < 4.78 is 0. The molecule has 0 amide bonds. The molecular formula is C9H17N3S. The molecule has 0 aromatic carbocycles. The summed E-state index contributed by atoms with van der Waals surface area (Å²) in [6, 6.07) is 0. The van der Waals surface area contributed by atoms with E-state index in [1.165, 1.54) is 6.42 Å². The first-order valence-corrected chi connectivity index (χ1v) is 5.64. The van der Waals surface area contributed by atoms with Gasteiger partial charge in [-0.15, -0.1) is 21.5 Å². The highest BCUT2D eigenvalue weighted by molar-refractivity contribution is 7.11. The predicted octanol–water partition coefficient (Wildman–Crippen LogP) is 1.78. The van der Waals surface area contributed by atoms with E-state index < -0.39 is 0 Å². The van der Waals surface area contributed by atoms with E-state index in [1.807, 2.05) is 6.92 Å². The van der Waals surface area contributed by atoms with Gasteiger partial charge < -0.3 is 5.32 Å². The summed E-state index contributed by atoms with van der Waals surface area (Å²) >= 11 is 1.70. The third-order valence-corrected chi connectivity index (χ3v) is 2.64. The van der Waals surface area contributed by atoms with E-state index in [0.717, 1.165) is 35.9 Å². The molecule has 0 atom stereocenters. The van der Waals surface area contributed by atoms with Gasteiger partial charge in [-0.05, 0) is 32.9 Å². The van der Waals surface area contributed by atoms with Crippen molar-refractivity contribution in [3.8, 4) is 0 Å². The summed E-state index contributed by atoms with van der Waals surface area (Å²) in [7, 11) is 0. The Morgan fingerprint density at radius 1 is 1.31 bits per heavy atom. The lowest BCUT2D eigenvalue weighted by atomic mass is 10.3. The number of aromatic nitrogens is 2. The predicted molar refractivity (Wildman–Crippen MR) is 56.1 cm³/mol. The molecule has 1 heterocycles. The van der Waals surface area contributed by atoms with Crippen LogP contribution in [0.2, 0.25) is 0 Å². The number of nitrogens with one attached hydrogen (secondary N) is 1. The van der Waals surface area contributed by atoms with Gasteiger partial charge in [0.25, 0.3) is 0 Å². The Morgan fingerprint density at radius 3 is 2.77 bits per heavy atom. The molecule has 1 aromatic heterocycles. The summed E-state index contributed by atoms with van der Waals surface area (Å²) in [5.41, 5.74) is 0. The van der Waals surface area contributed by atoms with Crippen molar-refractivity contribution in [2.45, 2.75) is 33.1 Å². The molecule has 0 radical (unpaired) electrons. The molecular weight excluding hydrogens is 182 g/mol. The maximum absolute atomic E-state index is 4.07. The topological polar surface area (TPSA) is 37.8 Å². The SMILES string of the molecule is CCCNCCCc1nnc(C)s1. The van der Waals surface area contributed by atoms with Gasteiger partial charge in [0, 0.05) is 6.42 Å². The zero-order valence-corrected chi connectivity index (χ0v) is 9.15. The van der Waals surface area contributed by atoms with Gasteiger partial charge in [0.15, 0.2) is 0 Å². The van der Waals surface area contributed by atoms with Crippen molar-refractivity contribution in [1.82, 2.24) is 15.5 Å². The zero-order chi connectivity index (χ0) is 9.52. The number of hydrogen-bond donors (Lipinski definition) is 1. The second-order valence-electron chi connectivity index (χ2n) is 3.07. The first-order valence-electron chi connectivity index (χ1n) is 4.82. The number of hydrogen-bond acceptors (Lipinski definition) is 4. The van der Waals surface area contributed by atoms with Gasteiger partial charge in [0.1, 0.15) is 10.0 Å². The molecule has 1 aromatic rings. The van der Waals surface area contributed by atoms with Crippen molar-refractivity contribution in [2.75, 3.05) is 13.1 Å². The Hall–Kier alpha value is -0.480. The first kappa shape index (κ1) is 10.6. The molecule has 1 N–H and O–H groups in total. The van der Waals surface area contributed by atoms with Crippen LogP contribution in [0.4, 0.5) is 0 Å². The average molecular weight is 199 g/mol. The van der Waals surface area contributed by atoms with Crippen LogP contribution in [-0.4, -0.2) is 23.3 Å². The number of aryl methyl sites for hydroxylation is 2. The monoisotopic (exact) mass is 199 g/mol. The minimum Gasteiger partial charge on any atom is -0.317 e. The number of nitrogens with zero attached hydrogens (tertiary/aromatic N) is 2. The van der Waals surface area contributed by atoms with Gasteiger partial charge in [0.2, 0.25) is 0 Å². The summed E-state index contributed by atoms with van der Waals surface area (Å²) in [5, 5.41) is 13.7. The third kappa shape index (κ3) is 4.33. The van der Waals surface area contributed by atoms with Crippen LogP contribution in [0.1, 0.15) is 29.8 Å². The van der Waals surface area contributed by atoms with E-state index in [2.05, 4.69) is 22.4 Å². The summed E-state index contributed by atoms with van der Waals surface area (Å²) in [5.74, 6) is 0. The summed E-state index contributed by atoms with van der Waals surface area (Å²) in [6.07, 6.45) is 3.43. The largest absolute Gasteiger partial charge is 0.317 e. The standard InChI is InChI=1S/C9H17N3S/c1-3-6-10-7-4-5-9-12-11-8(2)13-9/h10H,3-7H2,1-2H3. The van der Waals surface area contributed by atoms with E-state index in [0.29, 0.717) is 0 Å². The molecule has 4 heteroatoms. The van der Waals surface area contributed by atoms with Crippen LogP contribution >= 0.6 is 11.3 Å². The molecule has 0 spiro atoms. The molecule has 0 fully saturated rings. The smallest absolute Gasteiger partial charge is 0.117 e. The van der Waals surface area contributed by atoms with Crippen LogP contribution in [-0.2, 0) is 6.42 Å². The van der Waals surface area contributed by atoms with E-state index >= 15 is 0 Å². The van der Waals surface area contributed by atoms with Crippen molar-refractivity contribution in [3.05, 3.63) is 10.0 Å². The van der Waals surface area contributed by atoms with Crippen LogP contribution < -0.4 is 5.32 Å². The molecule has 13 heavy (non-hydrogen) atoms. The fraction of sp³-hybridized carbons (Fsp3) is 0.778. The van der Waals surface area contributed by atoms with E-state index in [-0.39, 0.29) is 0 Å². The fourth-order valence-corrected chi connectivity index (χ4v) is 1.86. The fourth-order valence-electron chi connectivity index (χ4n) is 1.10. The van der Waals surface area contributed by atoms with Crippen molar-refractivity contribution >= 4 is 11.3 Å². The minimum absolute atomic E-state index is 1.06. The number of rotatable bonds is 6. The summed E-state index contributed by atoms with van der Waals surface area (Å²) in [4.78, 5) is 0. The van der Waals surface area contributed by atoms with E-state index in [9.17, 15) is 0 Å². The van der Waals surface area contributed by atoms with Crippen molar-refractivity contribution in [3.63, 3.8) is 0 Å². The zero-order valence-electron chi connectivity index (χ0n) is 8.34. The van der Waals surface area contributed by atoms with Gasteiger partial charge in [-0.25, -0.2) is 0 Å². The third-order valence-electron chi connectivity index (χ3n) is 1.74. The van der Waals surface area contributed by atoms with E-state index in [4.69, 9.17) is 0 Å².